The van der Waals surface area contributed by atoms with Crippen LogP contribution in [0, 0.1) is 5.82 Å². The second-order valence-electron chi connectivity index (χ2n) is 6.44. The number of carbonyl (C=O) groups excluding carboxylic acids is 2. The van der Waals surface area contributed by atoms with Crippen LogP contribution in [0.15, 0.2) is 47.6 Å². The molecule has 0 aromatic heterocycles. The molecule has 3 rings (SSSR count). The number of hydrazone groups is 1. The number of amidine groups is 1. The Labute approximate surface area is 178 Å². The summed E-state index contributed by atoms with van der Waals surface area (Å²) in [5.74, 6) is 0.0739. The molecule has 0 spiro atoms. The lowest BCUT2D eigenvalue weighted by molar-refractivity contribution is -0.129. The van der Waals surface area contributed by atoms with Crippen LogP contribution in [0.5, 0.6) is 11.5 Å². The van der Waals surface area contributed by atoms with E-state index in [0.717, 1.165) is 5.56 Å². The first-order chi connectivity index (χ1) is 14.4. The smallest absolute Gasteiger partial charge is 0.241 e. The molecule has 7 nitrogen and oxygen atoms in total. The van der Waals surface area contributed by atoms with E-state index in [9.17, 15) is 14.0 Å². The molecule has 0 fully saturated rings. The lowest BCUT2D eigenvalue weighted by atomic mass is 10.2. The Morgan fingerprint density at radius 1 is 1.17 bits per heavy atom. The molecule has 1 N–H and O–H groups in total. The summed E-state index contributed by atoms with van der Waals surface area (Å²) >= 11 is 1.25. The molecule has 0 aliphatic carbocycles. The fourth-order valence-corrected chi connectivity index (χ4v) is 3.94. The SMILES string of the molecule is CCOc1cc([C@H]2SC(NC(C)=O)=NN2C(C)=O)ccc1OCc1ccccc1F. The van der Waals surface area contributed by atoms with Gasteiger partial charge in [-0.15, -0.1) is 5.10 Å². The molecule has 2 aromatic rings. The Balaban J connectivity index is 1.82. The van der Waals surface area contributed by atoms with Gasteiger partial charge < -0.3 is 14.8 Å². The zero-order valence-corrected chi connectivity index (χ0v) is 17.7. The summed E-state index contributed by atoms with van der Waals surface area (Å²) in [6.07, 6.45) is 0. The fraction of sp³-hybridized carbons (Fsp3) is 0.286. The topological polar surface area (TPSA) is 80.2 Å². The number of hydrogen-bond acceptors (Lipinski definition) is 6. The van der Waals surface area contributed by atoms with E-state index in [-0.39, 0.29) is 24.2 Å². The molecule has 0 unspecified atom stereocenters. The summed E-state index contributed by atoms with van der Waals surface area (Å²) in [7, 11) is 0. The molecule has 0 saturated heterocycles. The summed E-state index contributed by atoms with van der Waals surface area (Å²) in [6.45, 7) is 5.09. The van der Waals surface area contributed by atoms with Crippen molar-refractivity contribution in [2.75, 3.05) is 6.61 Å². The third-order valence-electron chi connectivity index (χ3n) is 4.14. The van der Waals surface area contributed by atoms with Gasteiger partial charge in [0.2, 0.25) is 11.8 Å². The van der Waals surface area contributed by atoms with Crippen molar-refractivity contribution in [2.24, 2.45) is 5.10 Å². The van der Waals surface area contributed by atoms with Crippen LogP contribution in [0.3, 0.4) is 0 Å². The predicted octanol–water partition coefficient (Wildman–Crippen LogP) is 3.80. The molecule has 0 radical (unpaired) electrons. The molecule has 2 amide bonds. The molecular weight excluding hydrogens is 409 g/mol. The second kappa shape index (κ2) is 9.62. The van der Waals surface area contributed by atoms with Gasteiger partial charge in [0.25, 0.3) is 0 Å². The first kappa shape index (κ1) is 21.6. The maximum Gasteiger partial charge on any atom is 0.241 e. The van der Waals surface area contributed by atoms with E-state index >= 15 is 0 Å². The minimum atomic E-state index is -0.454. The van der Waals surface area contributed by atoms with Crippen molar-refractivity contribution in [2.45, 2.75) is 32.8 Å². The standard InChI is InChI=1S/C21H22FN3O4S/c1-4-28-19-11-15(20-25(14(3)27)24-21(30-20)23-13(2)26)9-10-18(19)29-12-16-7-5-6-8-17(16)22/h5-11,20H,4,12H2,1-3H3,(H,23,24,26)/t20-/m1/s1. The number of hydrogen-bond donors (Lipinski definition) is 1. The van der Waals surface area contributed by atoms with Crippen LogP contribution in [0.2, 0.25) is 0 Å². The Hall–Kier alpha value is -3.07. The van der Waals surface area contributed by atoms with E-state index in [1.54, 1.807) is 36.4 Å². The number of rotatable bonds is 6. The number of amides is 2. The van der Waals surface area contributed by atoms with E-state index in [0.29, 0.717) is 28.8 Å². The lowest BCUT2D eigenvalue weighted by Gasteiger charge is -2.21. The Morgan fingerprint density at radius 2 is 1.93 bits per heavy atom. The average molecular weight is 431 g/mol. The van der Waals surface area contributed by atoms with E-state index in [4.69, 9.17) is 9.47 Å². The van der Waals surface area contributed by atoms with Gasteiger partial charge in [-0.2, -0.15) is 0 Å². The molecule has 30 heavy (non-hydrogen) atoms. The molecule has 1 aliphatic heterocycles. The molecule has 1 atom stereocenters. The fourth-order valence-electron chi connectivity index (χ4n) is 2.82. The molecule has 9 heteroatoms. The number of halogens is 1. The van der Waals surface area contributed by atoms with Crippen molar-refractivity contribution in [3.05, 3.63) is 59.4 Å². The molecule has 1 heterocycles. The summed E-state index contributed by atoms with van der Waals surface area (Å²) in [5, 5.41) is 8.00. The summed E-state index contributed by atoms with van der Waals surface area (Å²) < 4.78 is 25.3. The van der Waals surface area contributed by atoms with Crippen LogP contribution in [0.1, 0.15) is 37.3 Å². The van der Waals surface area contributed by atoms with Crippen LogP contribution in [0.25, 0.3) is 0 Å². The Morgan fingerprint density at radius 3 is 2.60 bits per heavy atom. The summed E-state index contributed by atoms with van der Waals surface area (Å²) in [4.78, 5) is 23.4. The Kier molecular flexibility index (Phi) is 6.94. The second-order valence-corrected chi connectivity index (χ2v) is 7.51. The van der Waals surface area contributed by atoms with Crippen molar-refractivity contribution < 1.29 is 23.5 Å². The van der Waals surface area contributed by atoms with Crippen LogP contribution >= 0.6 is 11.8 Å². The number of nitrogens with one attached hydrogen (secondary N) is 1. The van der Waals surface area contributed by atoms with Gasteiger partial charge in [0, 0.05) is 19.4 Å². The van der Waals surface area contributed by atoms with Gasteiger partial charge in [0.05, 0.1) is 6.61 Å². The number of ether oxygens (including phenoxy) is 2. The monoisotopic (exact) mass is 431 g/mol. The van der Waals surface area contributed by atoms with E-state index < -0.39 is 5.37 Å². The highest BCUT2D eigenvalue weighted by atomic mass is 32.2. The minimum absolute atomic E-state index is 0.0552. The predicted molar refractivity (Wildman–Crippen MR) is 112 cm³/mol. The van der Waals surface area contributed by atoms with Crippen LogP contribution in [0.4, 0.5) is 4.39 Å². The van der Waals surface area contributed by atoms with Crippen molar-refractivity contribution >= 4 is 28.7 Å². The van der Waals surface area contributed by atoms with Crippen molar-refractivity contribution in [3.63, 3.8) is 0 Å². The zero-order chi connectivity index (χ0) is 21.7. The number of carbonyl (C=O) groups is 2. The number of nitrogens with zero attached hydrogens (tertiary/aromatic N) is 2. The third kappa shape index (κ3) is 5.10. The quantitative estimate of drug-likeness (QED) is 0.753. The van der Waals surface area contributed by atoms with Gasteiger partial charge in [-0.05, 0) is 30.7 Å². The van der Waals surface area contributed by atoms with Gasteiger partial charge >= 0.3 is 0 Å². The first-order valence-electron chi connectivity index (χ1n) is 9.34. The molecule has 0 bridgehead atoms. The van der Waals surface area contributed by atoms with Crippen molar-refractivity contribution in [3.8, 4) is 11.5 Å². The van der Waals surface area contributed by atoms with Crippen LogP contribution in [-0.2, 0) is 16.2 Å². The highest BCUT2D eigenvalue weighted by Crippen LogP contribution is 2.41. The van der Waals surface area contributed by atoms with Crippen LogP contribution in [-0.4, -0.2) is 28.6 Å². The molecule has 158 valence electrons. The first-order valence-corrected chi connectivity index (χ1v) is 10.2. The lowest BCUT2D eigenvalue weighted by Crippen LogP contribution is -2.25. The van der Waals surface area contributed by atoms with Gasteiger partial charge in [-0.3, -0.25) is 9.59 Å². The highest BCUT2D eigenvalue weighted by Gasteiger charge is 2.33. The minimum Gasteiger partial charge on any atom is -0.490 e. The van der Waals surface area contributed by atoms with Gasteiger partial charge in [0.1, 0.15) is 17.8 Å². The van der Waals surface area contributed by atoms with Gasteiger partial charge in [0.15, 0.2) is 16.7 Å². The number of thioether (sulfide) groups is 1. The normalized spacial score (nSPS) is 15.5. The van der Waals surface area contributed by atoms with Crippen LogP contribution < -0.4 is 14.8 Å². The summed E-state index contributed by atoms with van der Waals surface area (Å²) in [6, 6.07) is 11.7. The van der Waals surface area contributed by atoms with Gasteiger partial charge in [-0.1, -0.05) is 36.0 Å². The maximum absolute atomic E-state index is 13.9. The van der Waals surface area contributed by atoms with E-state index in [2.05, 4.69) is 10.4 Å². The van der Waals surface area contributed by atoms with E-state index in [1.165, 1.54) is 36.7 Å². The summed E-state index contributed by atoms with van der Waals surface area (Å²) in [5.41, 5.74) is 1.19. The molecule has 1 aliphatic rings. The zero-order valence-electron chi connectivity index (χ0n) is 16.8. The molecule has 0 saturated carbocycles. The van der Waals surface area contributed by atoms with Gasteiger partial charge in [-0.25, -0.2) is 9.40 Å². The Bertz CT molecular complexity index is 982. The third-order valence-corrected chi connectivity index (χ3v) is 5.25. The van der Waals surface area contributed by atoms with Crippen molar-refractivity contribution in [1.82, 2.24) is 10.3 Å². The average Bonchev–Trinajstić information content (AvgIpc) is 3.12. The highest BCUT2D eigenvalue weighted by molar-refractivity contribution is 8.14. The number of benzene rings is 2. The van der Waals surface area contributed by atoms with Crippen molar-refractivity contribution in [1.29, 1.82) is 0 Å². The maximum atomic E-state index is 13.9. The largest absolute Gasteiger partial charge is 0.490 e. The van der Waals surface area contributed by atoms with E-state index in [1.807, 2.05) is 6.92 Å². The molecular formula is C21H22FN3O4S. The molecule has 2 aromatic carbocycles.